The number of hydrogen-bond donors (Lipinski definition) is 0. The van der Waals surface area contributed by atoms with Crippen molar-refractivity contribution in [2.24, 2.45) is 5.10 Å². The van der Waals surface area contributed by atoms with Gasteiger partial charge in [0.2, 0.25) is 0 Å². The maximum absolute atomic E-state index is 11.1. The SMILES string of the molecule is CCc1ccc(C2=NN(c3ccc([N+](=O)[O-])cc3)[C@@H](c3ccc(N(C)C)cc3)C2)cc1. The fourth-order valence-corrected chi connectivity index (χ4v) is 3.84. The van der Waals surface area contributed by atoms with E-state index >= 15 is 0 Å². The highest BCUT2D eigenvalue weighted by molar-refractivity contribution is 6.03. The standard InChI is InChI=1S/C25H26N4O2/c1-4-18-5-7-19(8-6-18)24-17-25(20-9-11-21(12-10-20)27(2)3)28(26-24)22-13-15-23(16-14-22)29(30)31/h5-16,25H,4,17H2,1-3H3/t25-/m1/s1. The van der Waals surface area contributed by atoms with Crippen LogP contribution >= 0.6 is 0 Å². The second-order valence-electron chi connectivity index (χ2n) is 7.92. The minimum absolute atomic E-state index is 0.0264. The van der Waals surface area contributed by atoms with Gasteiger partial charge in [-0.25, -0.2) is 0 Å². The van der Waals surface area contributed by atoms with E-state index < -0.39 is 0 Å². The second-order valence-corrected chi connectivity index (χ2v) is 7.92. The molecule has 0 aliphatic carbocycles. The van der Waals surface area contributed by atoms with Crippen LogP contribution in [0, 0.1) is 10.1 Å². The number of nitro benzene ring substituents is 1. The molecule has 0 N–H and O–H groups in total. The number of rotatable bonds is 6. The molecule has 4 rings (SSSR count). The van der Waals surface area contributed by atoms with Crippen molar-refractivity contribution in [3.05, 3.63) is 99.6 Å². The first-order valence-electron chi connectivity index (χ1n) is 10.4. The Morgan fingerprint density at radius 3 is 2.19 bits per heavy atom. The van der Waals surface area contributed by atoms with Crippen LogP contribution in [-0.4, -0.2) is 24.7 Å². The summed E-state index contributed by atoms with van der Waals surface area (Å²) in [7, 11) is 4.05. The average Bonchev–Trinajstić information content (AvgIpc) is 3.24. The number of nitrogens with zero attached hydrogens (tertiary/aromatic N) is 4. The minimum Gasteiger partial charge on any atom is -0.378 e. The van der Waals surface area contributed by atoms with Crippen LogP contribution in [-0.2, 0) is 6.42 Å². The van der Waals surface area contributed by atoms with Crippen molar-refractivity contribution < 1.29 is 4.92 Å². The molecule has 3 aromatic rings. The molecule has 6 heteroatoms. The molecule has 0 saturated carbocycles. The number of hydrazone groups is 1. The van der Waals surface area contributed by atoms with Gasteiger partial charge >= 0.3 is 0 Å². The van der Waals surface area contributed by atoms with E-state index in [-0.39, 0.29) is 16.7 Å². The van der Waals surface area contributed by atoms with Gasteiger partial charge in [-0.3, -0.25) is 15.1 Å². The summed E-state index contributed by atoms with van der Waals surface area (Å²) in [6.45, 7) is 2.14. The fraction of sp³-hybridized carbons (Fsp3) is 0.240. The lowest BCUT2D eigenvalue weighted by atomic mass is 9.97. The molecule has 0 saturated heterocycles. The van der Waals surface area contributed by atoms with E-state index in [1.807, 2.05) is 19.1 Å². The number of non-ortho nitro benzene ring substituents is 1. The number of anilines is 2. The number of hydrogen-bond acceptors (Lipinski definition) is 5. The van der Waals surface area contributed by atoms with E-state index in [0.717, 1.165) is 41.1 Å². The molecule has 0 amide bonds. The first-order chi connectivity index (χ1) is 15.0. The summed E-state index contributed by atoms with van der Waals surface area (Å²) >= 11 is 0. The van der Waals surface area contributed by atoms with Gasteiger partial charge < -0.3 is 4.90 Å². The molecule has 0 radical (unpaired) electrons. The van der Waals surface area contributed by atoms with Crippen molar-refractivity contribution in [2.45, 2.75) is 25.8 Å². The molecule has 0 unspecified atom stereocenters. The zero-order valence-corrected chi connectivity index (χ0v) is 18.0. The van der Waals surface area contributed by atoms with E-state index in [1.165, 1.54) is 17.7 Å². The molecule has 0 fully saturated rings. The van der Waals surface area contributed by atoms with Crippen LogP contribution in [0.5, 0.6) is 0 Å². The van der Waals surface area contributed by atoms with Crippen molar-refractivity contribution in [3.8, 4) is 0 Å². The summed E-state index contributed by atoms with van der Waals surface area (Å²) in [5, 5.41) is 18.0. The second kappa shape index (κ2) is 8.60. The molecule has 31 heavy (non-hydrogen) atoms. The molecule has 1 atom stereocenters. The van der Waals surface area contributed by atoms with Gasteiger partial charge in [0.15, 0.2) is 0 Å². The Labute approximate surface area is 182 Å². The molecule has 1 aliphatic heterocycles. The van der Waals surface area contributed by atoms with Gasteiger partial charge in [0.1, 0.15) is 0 Å². The number of aryl methyl sites for hydroxylation is 1. The van der Waals surface area contributed by atoms with E-state index in [9.17, 15) is 10.1 Å². The quantitative estimate of drug-likeness (QED) is 0.390. The van der Waals surface area contributed by atoms with E-state index in [4.69, 9.17) is 5.10 Å². The topological polar surface area (TPSA) is 62.0 Å². The Morgan fingerprint density at radius 1 is 1.00 bits per heavy atom. The summed E-state index contributed by atoms with van der Waals surface area (Å²) in [6, 6.07) is 23.7. The molecule has 6 nitrogen and oxygen atoms in total. The summed E-state index contributed by atoms with van der Waals surface area (Å²) in [6.07, 6.45) is 1.77. The zero-order valence-electron chi connectivity index (χ0n) is 18.0. The molecular formula is C25H26N4O2. The van der Waals surface area contributed by atoms with Crippen LogP contribution in [0.3, 0.4) is 0 Å². The van der Waals surface area contributed by atoms with Gasteiger partial charge in [-0.15, -0.1) is 0 Å². The van der Waals surface area contributed by atoms with E-state index in [2.05, 4.69) is 60.4 Å². The van der Waals surface area contributed by atoms with Crippen LogP contribution in [0.4, 0.5) is 17.1 Å². The van der Waals surface area contributed by atoms with Crippen LogP contribution in [0.2, 0.25) is 0 Å². The number of nitro groups is 1. The maximum atomic E-state index is 11.1. The van der Waals surface area contributed by atoms with Crippen LogP contribution in [0.1, 0.15) is 36.1 Å². The summed E-state index contributed by atoms with van der Waals surface area (Å²) in [5.41, 5.74) is 6.64. The van der Waals surface area contributed by atoms with Crippen LogP contribution < -0.4 is 9.91 Å². The molecule has 0 bridgehead atoms. The lowest BCUT2D eigenvalue weighted by molar-refractivity contribution is -0.384. The van der Waals surface area contributed by atoms with Crippen molar-refractivity contribution in [1.82, 2.24) is 0 Å². The molecular weight excluding hydrogens is 388 g/mol. The minimum atomic E-state index is -0.380. The van der Waals surface area contributed by atoms with Gasteiger partial charge in [0.05, 0.1) is 22.4 Å². The molecule has 3 aromatic carbocycles. The Hall–Kier alpha value is -3.67. The highest BCUT2D eigenvalue weighted by atomic mass is 16.6. The predicted octanol–water partition coefficient (Wildman–Crippen LogP) is 5.58. The Kier molecular flexibility index (Phi) is 5.71. The fourth-order valence-electron chi connectivity index (χ4n) is 3.84. The van der Waals surface area contributed by atoms with E-state index in [0.29, 0.717) is 0 Å². The smallest absolute Gasteiger partial charge is 0.269 e. The summed E-state index contributed by atoms with van der Waals surface area (Å²) in [5.74, 6) is 0. The van der Waals surface area contributed by atoms with Crippen molar-refractivity contribution in [2.75, 3.05) is 24.0 Å². The number of benzene rings is 3. The van der Waals surface area contributed by atoms with Gasteiger partial charge in [-0.1, -0.05) is 43.3 Å². The van der Waals surface area contributed by atoms with Crippen molar-refractivity contribution in [1.29, 1.82) is 0 Å². The molecule has 0 spiro atoms. The zero-order chi connectivity index (χ0) is 22.0. The van der Waals surface area contributed by atoms with Gasteiger partial charge in [0.25, 0.3) is 5.69 Å². The third-order valence-electron chi connectivity index (χ3n) is 5.73. The maximum Gasteiger partial charge on any atom is 0.269 e. The molecule has 1 heterocycles. The monoisotopic (exact) mass is 414 g/mol. The van der Waals surface area contributed by atoms with Gasteiger partial charge in [-0.05, 0) is 47.4 Å². The Bertz CT molecular complexity index is 1090. The first kappa shape index (κ1) is 20.6. The average molecular weight is 415 g/mol. The third kappa shape index (κ3) is 4.28. The van der Waals surface area contributed by atoms with Crippen molar-refractivity contribution in [3.63, 3.8) is 0 Å². The molecule has 158 valence electrons. The van der Waals surface area contributed by atoms with Crippen LogP contribution in [0.15, 0.2) is 77.9 Å². The Balaban J connectivity index is 1.70. The Morgan fingerprint density at radius 2 is 1.65 bits per heavy atom. The predicted molar refractivity (Wildman–Crippen MR) is 126 cm³/mol. The lowest BCUT2D eigenvalue weighted by Gasteiger charge is -2.24. The molecule has 0 aromatic heterocycles. The van der Waals surface area contributed by atoms with Crippen molar-refractivity contribution >= 4 is 22.8 Å². The highest BCUT2D eigenvalue weighted by Crippen LogP contribution is 2.37. The van der Waals surface area contributed by atoms with Crippen LogP contribution in [0.25, 0.3) is 0 Å². The third-order valence-corrected chi connectivity index (χ3v) is 5.73. The lowest BCUT2D eigenvalue weighted by Crippen LogP contribution is -2.18. The normalized spacial score (nSPS) is 15.6. The summed E-state index contributed by atoms with van der Waals surface area (Å²) < 4.78 is 0. The van der Waals surface area contributed by atoms with Gasteiger partial charge in [0, 0.05) is 38.3 Å². The highest BCUT2D eigenvalue weighted by Gasteiger charge is 2.30. The summed E-state index contributed by atoms with van der Waals surface area (Å²) in [4.78, 5) is 12.7. The first-order valence-corrected chi connectivity index (χ1v) is 10.4. The van der Waals surface area contributed by atoms with Gasteiger partial charge in [-0.2, -0.15) is 5.10 Å². The largest absolute Gasteiger partial charge is 0.378 e. The molecule has 1 aliphatic rings. The van der Waals surface area contributed by atoms with E-state index in [1.54, 1.807) is 12.1 Å².